The highest BCUT2D eigenvalue weighted by molar-refractivity contribution is 9.09. The minimum absolute atomic E-state index is 0.209. The van der Waals surface area contributed by atoms with Crippen LogP contribution in [-0.2, 0) is 11.8 Å². The summed E-state index contributed by atoms with van der Waals surface area (Å²) in [4.78, 5) is 0. The first kappa shape index (κ1) is 16.5. The molecule has 2 aromatic rings. The molecule has 2 rings (SSSR count). The van der Waals surface area contributed by atoms with Gasteiger partial charge in [-0.2, -0.15) is 0 Å². The van der Waals surface area contributed by atoms with Crippen molar-refractivity contribution in [2.24, 2.45) is 0 Å². The van der Waals surface area contributed by atoms with Gasteiger partial charge in [-0.05, 0) is 35.7 Å². The van der Waals surface area contributed by atoms with Crippen molar-refractivity contribution in [1.29, 1.82) is 0 Å². The third kappa shape index (κ3) is 3.67. The SMILES string of the molecule is COc1ccccc1CC(CBr)(CBr)c1cccc(F)c1. The van der Waals surface area contributed by atoms with Crippen LogP contribution in [0.2, 0.25) is 0 Å². The lowest BCUT2D eigenvalue weighted by Crippen LogP contribution is -2.33. The minimum Gasteiger partial charge on any atom is -0.496 e. The number of rotatable bonds is 6. The third-order valence-electron chi connectivity index (χ3n) is 3.67. The Bertz CT molecular complexity index is 597. The summed E-state index contributed by atoms with van der Waals surface area (Å²) < 4.78 is 19.0. The van der Waals surface area contributed by atoms with E-state index in [2.05, 4.69) is 37.9 Å². The summed E-state index contributed by atoms with van der Waals surface area (Å²) in [7, 11) is 1.67. The standard InChI is InChI=1S/C17H17Br2FO/c1-21-16-8-3-2-5-13(16)10-17(11-18,12-19)14-6-4-7-15(20)9-14/h2-9H,10-12H2,1H3. The quantitative estimate of drug-likeness (QED) is 0.596. The Balaban J connectivity index is 2.43. The third-order valence-corrected chi connectivity index (χ3v) is 5.82. The summed E-state index contributed by atoms with van der Waals surface area (Å²) in [6.07, 6.45) is 0.761. The normalized spacial score (nSPS) is 11.4. The van der Waals surface area contributed by atoms with Crippen molar-refractivity contribution in [2.45, 2.75) is 11.8 Å². The van der Waals surface area contributed by atoms with E-state index in [4.69, 9.17) is 4.74 Å². The van der Waals surface area contributed by atoms with Gasteiger partial charge >= 0.3 is 0 Å². The van der Waals surface area contributed by atoms with E-state index in [1.807, 2.05) is 24.3 Å². The first-order valence-electron chi connectivity index (χ1n) is 6.65. The lowest BCUT2D eigenvalue weighted by atomic mass is 9.79. The van der Waals surface area contributed by atoms with E-state index in [1.165, 1.54) is 6.07 Å². The van der Waals surface area contributed by atoms with E-state index < -0.39 is 0 Å². The summed E-state index contributed by atoms with van der Waals surface area (Å²) in [5.74, 6) is 0.652. The Morgan fingerprint density at radius 3 is 2.38 bits per heavy atom. The highest BCUT2D eigenvalue weighted by atomic mass is 79.9. The second-order valence-electron chi connectivity index (χ2n) is 5.05. The van der Waals surface area contributed by atoms with E-state index in [1.54, 1.807) is 19.2 Å². The molecule has 112 valence electrons. The van der Waals surface area contributed by atoms with Crippen LogP contribution in [0.15, 0.2) is 48.5 Å². The van der Waals surface area contributed by atoms with E-state index in [9.17, 15) is 4.39 Å². The molecule has 2 aromatic carbocycles. The van der Waals surface area contributed by atoms with Gasteiger partial charge in [-0.15, -0.1) is 0 Å². The Hall–Kier alpha value is -0.870. The number of alkyl halides is 2. The van der Waals surface area contributed by atoms with Crippen molar-refractivity contribution < 1.29 is 9.13 Å². The topological polar surface area (TPSA) is 9.23 Å². The molecule has 0 aliphatic heterocycles. The number of halogens is 3. The molecule has 0 saturated carbocycles. The van der Waals surface area contributed by atoms with Crippen LogP contribution >= 0.6 is 31.9 Å². The van der Waals surface area contributed by atoms with Crippen LogP contribution in [0.3, 0.4) is 0 Å². The lowest BCUT2D eigenvalue weighted by Gasteiger charge is -2.31. The van der Waals surface area contributed by atoms with Crippen LogP contribution in [0.1, 0.15) is 11.1 Å². The van der Waals surface area contributed by atoms with E-state index in [0.29, 0.717) is 0 Å². The Labute approximate surface area is 141 Å². The van der Waals surface area contributed by atoms with Gasteiger partial charge in [-0.3, -0.25) is 0 Å². The van der Waals surface area contributed by atoms with Crippen LogP contribution in [0, 0.1) is 5.82 Å². The second kappa shape index (κ2) is 7.41. The zero-order chi connectivity index (χ0) is 15.3. The second-order valence-corrected chi connectivity index (χ2v) is 6.17. The number of para-hydroxylation sites is 1. The summed E-state index contributed by atoms with van der Waals surface area (Å²) in [5, 5.41) is 1.46. The number of methoxy groups -OCH3 is 1. The molecule has 0 heterocycles. The average Bonchev–Trinajstić information content (AvgIpc) is 2.53. The molecular weight excluding hydrogens is 399 g/mol. The van der Waals surface area contributed by atoms with Crippen LogP contribution in [0.25, 0.3) is 0 Å². The largest absolute Gasteiger partial charge is 0.496 e. The lowest BCUT2D eigenvalue weighted by molar-refractivity contribution is 0.404. The molecule has 0 aliphatic carbocycles. The van der Waals surface area contributed by atoms with Crippen molar-refractivity contribution in [2.75, 3.05) is 17.8 Å². The fourth-order valence-corrected chi connectivity index (χ4v) is 4.39. The molecule has 0 bridgehead atoms. The number of hydrogen-bond acceptors (Lipinski definition) is 1. The van der Waals surface area contributed by atoms with Gasteiger partial charge in [0.05, 0.1) is 7.11 Å². The Kier molecular flexibility index (Phi) is 5.82. The molecule has 4 heteroatoms. The smallest absolute Gasteiger partial charge is 0.123 e. The Morgan fingerprint density at radius 1 is 1.05 bits per heavy atom. The number of ether oxygens (including phenoxy) is 1. The molecule has 21 heavy (non-hydrogen) atoms. The number of hydrogen-bond donors (Lipinski definition) is 0. The average molecular weight is 416 g/mol. The van der Waals surface area contributed by atoms with Gasteiger partial charge in [0.1, 0.15) is 11.6 Å². The monoisotopic (exact) mass is 414 g/mol. The molecule has 1 nitrogen and oxygen atoms in total. The Morgan fingerprint density at radius 2 is 1.76 bits per heavy atom. The van der Waals surface area contributed by atoms with Gasteiger partial charge in [0.2, 0.25) is 0 Å². The van der Waals surface area contributed by atoms with Crippen molar-refractivity contribution >= 4 is 31.9 Å². The molecular formula is C17H17Br2FO. The molecule has 0 fully saturated rings. The van der Waals surface area contributed by atoms with E-state index in [0.717, 1.165) is 34.0 Å². The van der Waals surface area contributed by atoms with Crippen molar-refractivity contribution in [3.8, 4) is 5.75 Å². The fourth-order valence-electron chi connectivity index (χ4n) is 2.42. The van der Waals surface area contributed by atoms with Crippen molar-refractivity contribution in [3.63, 3.8) is 0 Å². The summed E-state index contributed by atoms with van der Waals surface area (Å²) in [6.45, 7) is 0. The van der Waals surface area contributed by atoms with Gasteiger partial charge in [0.15, 0.2) is 0 Å². The van der Waals surface area contributed by atoms with Gasteiger partial charge in [-0.25, -0.2) is 4.39 Å². The molecule has 0 radical (unpaired) electrons. The molecule has 0 atom stereocenters. The van der Waals surface area contributed by atoms with Gasteiger partial charge in [0, 0.05) is 16.1 Å². The van der Waals surface area contributed by atoms with Gasteiger partial charge in [0.25, 0.3) is 0 Å². The maximum Gasteiger partial charge on any atom is 0.123 e. The molecule has 0 aromatic heterocycles. The van der Waals surface area contributed by atoms with Crippen molar-refractivity contribution in [1.82, 2.24) is 0 Å². The minimum atomic E-state index is -0.225. The fraction of sp³-hybridized carbons (Fsp3) is 0.294. The summed E-state index contributed by atoms with van der Waals surface area (Å²) in [6, 6.07) is 14.8. The predicted molar refractivity (Wildman–Crippen MR) is 92.4 cm³/mol. The molecule has 0 aliphatic rings. The summed E-state index contributed by atoms with van der Waals surface area (Å²) >= 11 is 7.21. The van der Waals surface area contributed by atoms with Crippen molar-refractivity contribution in [3.05, 3.63) is 65.5 Å². The zero-order valence-corrected chi connectivity index (χ0v) is 15.0. The van der Waals surface area contributed by atoms with Crippen LogP contribution in [-0.4, -0.2) is 17.8 Å². The molecule has 0 unspecified atom stereocenters. The van der Waals surface area contributed by atoms with Crippen LogP contribution < -0.4 is 4.74 Å². The highest BCUT2D eigenvalue weighted by Crippen LogP contribution is 2.35. The molecule has 0 amide bonds. The number of benzene rings is 2. The molecule has 0 saturated heterocycles. The van der Waals surface area contributed by atoms with E-state index in [-0.39, 0.29) is 11.2 Å². The summed E-state index contributed by atoms with van der Waals surface area (Å²) in [5.41, 5.74) is 1.86. The maximum absolute atomic E-state index is 13.6. The first-order valence-corrected chi connectivity index (χ1v) is 8.89. The van der Waals surface area contributed by atoms with E-state index >= 15 is 0 Å². The van der Waals surface area contributed by atoms with Crippen LogP contribution in [0.4, 0.5) is 4.39 Å². The predicted octanol–water partition coefficient (Wildman–Crippen LogP) is 5.10. The van der Waals surface area contributed by atoms with Crippen LogP contribution in [0.5, 0.6) is 5.75 Å². The molecule has 0 spiro atoms. The zero-order valence-electron chi connectivity index (χ0n) is 11.8. The van der Waals surface area contributed by atoms with Gasteiger partial charge < -0.3 is 4.74 Å². The highest BCUT2D eigenvalue weighted by Gasteiger charge is 2.31. The molecule has 0 N–H and O–H groups in total. The van der Waals surface area contributed by atoms with Gasteiger partial charge in [-0.1, -0.05) is 62.2 Å². The maximum atomic E-state index is 13.6. The first-order chi connectivity index (χ1) is 10.1.